The van der Waals surface area contributed by atoms with Crippen LogP contribution in [0.1, 0.15) is 13.3 Å². The van der Waals surface area contributed by atoms with Gasteiger partial charge in [-0.2, -0.15) is 0 Å². The zero-order valence-electron chi connectivity index (χ0n) is 7.88. The van der Waals surface area contributed by atoms with Crippen LogP contribution in [0.2, 0.25) is 0 Å². The summed E-state index contributed by atoms with van der Waals surface area (Å²) in [6.07, 6.45) is 6.97. The second-order valence-electron chi connectivity index (χ2n) is 3.26. The molecule has 13 heavy (non-hydrogen) atoms. The summed E-state index contributed by atoms with van der Waals surface area (Å²) in [6.45, 7) is 2.14. The number of allylic oxidation sites excluding steroid dienone is 2. The molecule has 0 bridgehead atoms. The van der Waals surface area contributed by atoms with E-state index in [1.165, 1.54) is 0 Å². The fourth-order valence-corrected chi connectivity index (χ4v) is 1.73. The Morgan fingerprint density at radius 1 is 1.69 bits per heavy atom. The summed E-state index contributed by atoms with van der Waals surface area (Å²) in [4.78, 5) is 11.3. The Kier molecular flexibility index (Phi) is 3.72. The molecule has 0 aliphatic heterocycles. The van der Waals surface area contributed by atoms with Gasteiger partial charge in [-0.25, -0.2) is 0 Å². The van der Waals surface area contributed by atoms with Gasteiger partial charge in [-0.3, -0.25) is 4.79 Å². The average molecular weight is 244 g/mol. The molecule has 1 aliphatic carbocycles. The van der Waals surface area contributed by atoms with Crippen LogP contribution < -0.4 is 5.32 Å². The van der Waals surface area contributed by atoms with Gasteiger partial charge in [-0.1, -0.05) is 41.1 Å². The molecular weight excluding hydrogens is 230 g/mol. The largest absolute Gasteiger partial charge is 0.358 e. The van der Waals surface area contributed by atoms with Crippen LogP contribution >= 0.6 is 15.9 Å². The van der Waals surface area contributed by atoms with Crippen LogP contribution in [0, 0.1) is 11.8 Å². The first-order chi connectivity index (χ1) is 6.15. The molecule has 0 saturated heterocycles. The van der Waals surface area contributed by atoms with Gasteiger partial charge in [0.1, 0.15) is 0 Å². The van der Waals surface area contributed by atoms with Gasteiger partial charge in [0, 0.05) is 7.05 Å². The molecule has 2 atom stereocenters. The van der Waals surface area contributed by atoms with Gasteiger partial charge < -0.3 is 5.32 Å². The van der Waals surface area contributed by atoms with Crippen LogP contribution in [0.15, 0.2) is 22.7 Å². The molecule has 0 heterocycles. The summed E-state index contributed by atoms with van der Waals surface area (Å²) in [5, 5.41) is 2.64. The molecule has 0 spiro atoms. The number of nitrogens with one attached hydrogen (secondary N) is 1. The van der Waals surface area contributed by atoms with E-state index in [9.17, 15) is 4.79 Å². The molecule has 1 N–H and O–H groups in total. The van der Waals surface area contributed by atoms with Crippen molar-refractivity contribution in [2.45, 2.75) is 13.3 Å². The summed E-state index contributed by atoms with van der Waals surface area (Å²) in [5.41, 5.74) is 0. The third kappa shape index (κ3) is 2.69. The Bertz CT molecular complexity index is 258. The van der Waals surface area contributed by atoms with E-state index in [1.54, 1.807) is 7.05 Å². The van der Waals surface area contributed by atoms with Gasteiger partial charge in [0.15, 0.2) is 0 Å². The van der Waals surface area contributed by atoms with E-state index in [1.807, 2.05) is 12.2 Å². The molecule has 72 valence electrons. The van der Waals surface area contributed by atoms with Crippen LogP contribution in [0.3, 0.4) is 0 Å². The molecule has 1 amide bonds. The topological polar surface area (TPSA) is 29.1 Å². The second-order valence-corrected chi connectivity index (χ2v) is 4.17. The van der Waals surface area contributed by atoms with Crippen molar-refractivity contribution in [1.82, 2.24) is 5.32 Å². The Morgan fingerprint density at radius 3 is 3.00 bits per heavy atom. The Hall–Kier alpha value is -0.570. The lowest BCUT2D eigenvalue weighted by Gasteiger charge is -2.07. The maximum atomic E-state index is 11.3. The Morgan fingerprint density at radius 2 is 2.38 bits per heavy atom. The minimum absolute atomic E-state index is 0.0438. The highest BCUT2D eigenvalue weighted by Gasteiger charge is 2.16. The predicted octanol–water partition coefficient (Wildman–Crippen LogP) is 2.22. The highest BCUT2D eigenvalue weighted by atomic mass is 79.9. The number of halogens is 1. The molecule has 1 aliphatic rings. The minimum Gasteiger partial charge on any atom is -0.358 e. The quantitative estimate of drug-likeness (QED) is 0.704. The summed E-state index contributed by atoms with van der Waals surface area (Å²) in [6, 6.07) is 0. The van der Waals surface area contributed by atoms with Crippen molar-refractivity contribution in [2.24, 2.45) is 11.8 Å². The van der Waals surface area contributed by atoms with Crippen LogP contribution in [0.4, 0.5) is 0 Å². The maximum Gasteiger partial charge on any atom is 0.230 e. The Labute approximate surface area is 87.2 Å². The predicted molar refractivity (Wildman–Crippen MR) is 57.5 cm³/mol. The van der Waals surface area contributed by atoms with Crippen molar-refractivity contribution < 1.29 is 4.79 Å². The number of carbonyl (C=O) groups is 1. The normalized spacial score (nSPS) is 27.8. The molecule has 0 aromatic rings. The number of amides is 1. The lowest BCUT2D eigenvalue weighted by atomic mass is 10.1. The van der Waals surface area contributed by atoms with Gasteiger partial charge in [-0.05, 0) is 16.8 Å². The number of carbonyl (C=O) groups excluding carboxylic acids is 1. The van der Waals surface area contributed by atoms with Gasteiger partial charge >= 0.3 is 0 Å². The summed E-state index contributed by atoms with van der Waals surface area (Å²) < 4.78 is 1.12. The molecular formula is C10H14BrNO. The van der Waals surface area contributed by atoms with Crippen LogP contribution in [0.5, 0.6) is 0 Å². The van der Waals surface area contributed by atoms with E-state index >= 15 is 0 Å². The third-order valence-corrected chi connectivity index (χ3v) is 3.24. The van der Waals surface area contributed by atoms with E-state index in [4.69, 9.17) is 0 Å². The molecule has 2 unspecified atom stereocenters. The first-order valence-corrected chi connectivity index (χ1v) is 5.20. The average Bonchev–Trinajstić information content (AvgIpc) is 2.28. The van der Waals surface area contributed by atoms with Crippen molar-refractivity contribution in [2.75, 3.05) is 7.05 Å². The zero-order chi connectivity index (χ0) is 9.84. The lowest BCUT2D eigenvalue weighted by Crippen LogP contribution is -2.24. The molecule has 1 rings (SSSR count). The monoisotopic (exact) mass is 243 g/mol. The van der Waals surface area contributed by atoms with Crippen LogP contribution in [-0.2, 0) is 4.79 Å². The van der Waals surface area contributed by atoms with E-state index < -0.39 is 0 Å². The molecule has 0 aromatic heterocycles. The standard InChI is InChI=1S/C10H14BrNO/c1-7-4-3-5-8(6-9(7)11)10(13)12-2/h3,5-8H,4H2,1-2H3,(H,12,13). The van der Waals surface area contributed by atoms with Crippen molar-refractivity contribution in [1.29, 1.82) is 0 Å². The van der Waals surface area contributed by atoms with Crippen LogP contribution in [0.25, 0.3) is 0 Å². The minimum atomic E-state index is -0.121. The smallest absolute Gasteiger partial charge is 0.230 e. The highest BCUT2D eigenvalue weighted by Crippen LogP contribution is 2.26. The number of hydrogen-bond donors (Lipinski definition) is 1. The molecule has 3 heteroatoms. The fourth-order valence-electron chi connectivity index (χ4n) is 1.26. The lowest BCUT2D eigenvalue weighted by molar-refractivity contribution is -0.121. The van der Waals surface area contributed by atoms with Crippen molar-refractivity contribution in [3.8, 4) is 0 Å². The molecule has 0 aromatic carbocycles. The van der Waals surface area contributed by atoms with Gasteiger partial charge in [0.2, 0.25) is 5.91 Å². The first-order valence-electron chi connectivity index (χ1n) is 4.40. The molecule has 0 saturated carbocycles. The number of rotatable bonds is 1. The van der Waals surface area contributed by atoms with E-state index in [2.05, 4.69) is 34.2 Å². The summed E-state index contributed by atoms with van der Waals surface area (Å²) in [7, 11) is 1.66. The van der Waals surface area contributed by atoms with Crippen molar-refractivity contribution in [3.05, 3.63) is 22.7 Å². The summed E-state index contributed by atoms with van der Waals surface area (Å²) >= 11 is 3.48. The van der Waals surface area contributed by atoms with Gasteiger partial charge in [0.05, 0.1) is 5.92 Å². The van der Waals surface area contributed by atoms with Gasteiger partial charge in [-0.15, -0.1) is 0 Å². The highest BCUT2D eigenvalue weighted by molar-refractivity contribution is 9.11. The summed E-state index contributed by atoms with van der Waals surface area (Å²) in [5.74, 6) is 0.400. The Balaban J connectivity index is 2.81. The second kappa shape index (κ2) is 4.61. The fraction of sp³-hybridized carbons (Fsp3) is 0.500. The number of hydrogen-bond acceptors (Lipinski definition) is 1. The van der Waals surface area contributed by atoms with Crippen molar-refractivity contribution in [3.63, 3.8) is 0 Å². The third-order valence-electron chi connectivity index (χ3n) is 2.19. The van der Waals surface area contributed by atoms with Gasteiger partial charge in [0.25, 0.3) is 0 Å². The first kappa shape index (κ1) is 10.5. The van der Waals surface area contributed by atoms with Crippen molar-refractivity contribution >= 4 is 21.8 Å². The van der Waals surface area contributed by atoms with Crippen LogP contribution in [-0.4, -0.2) is 13.0 Å². The molecule has 2 nitrogen and oxygen atoms in total. The molecule has 0 radical (unpaired) electrons. The van der Waals surface area contributed by atoms with E-state index in [0.29, 0.717) is 5.92 Å². The zero-order valence-corrected chi connectivity index (χ0v) is 9.47. The SMILES string of the molecule is CNC(=O)C1C=CCC(C)C(Br)=C1. The van der Waals surface area contributed by atoms with E-state index in [0.717, 1.165) is 10.9 Å². The molecule has 0 fully saturated rings. The maximum absolute atomic E-state index is 11.3. The van der Waals surface area contributed by atoms with E-state index in [-0.39, 0.29) is 11.8 Å².